The van der Waals surface area contributed by atoms with Gasteiger partial charge in [0, 0.05) is 11.6 Å². The van der Waals surface area contributed by atoms with E-state index in [2.05, 4.69) is 66.3 Å². The first-order valence-electron chi connectivity index (χ1n) is 7.97. The monoisotopic (exact) mass is 355 g/mol. The van der Waals surface area contributed by atoms with Gasteiger partial charge in [-0.3, -0.25) is 0 Å². The molecule has 0 saturated carbocycles. The van der Waals surface area contributed by atoms with E-state index in [0.717, 1.165) is 30.4 Å². The Kier molecular flexibility index (Phi) is 8.53. The minimum atomic E-state index is -0.0275. The molecule has 0 aromatic heterocycles. The zero-order chi connectivity index (χ0) is 15.7. The zero-order valence-corrected chi connectivity index (χ0v) is 15.5. The lowest BCUT2D eigenvalue weighted by atomic mass is 9.90. The van der Waals surface area contributed by atoms with Gasteiger partial charge >= 0.3 is 0 Å². The minimum absolute atomic E-state index is 0.0275. The van der Waals surface area contributed by atoms with Crippen LogP contribution in [0.15, 0.2) is 28.7 Å². The Hall–Kier alpha value is -0.380. The minimum Gasteiger partial charge on any atom is -0.379 e. The first-order valence-corrected chi connectivity index (χ1v) is 8.76. The molecule has 120 valence electrons. The number of halogens is 1. The molecule has 3 heteroatoms. The van der Waals surface area contributed by atoms with Gasteiger partial charge in [0.15, 0.2) is 0 Å². The third kappa shape index (κ3) is 7.98. The average molecular weight is 356 g/mol. The number of benzene rings is 1. The van der Waals surface area contributed by atoms with E-state index >= 15 is 0 Å². The third-order valence-electron chi connectivity index (χ3n) is 3.98. The molecule has 1 aromatic rings. The molecule has 0 heterocycles. The summed E-state index contributed by atoms with van der Waals surface area (Å²) in [5.41, 5.74) is 1.38. The molecule has 2 nitrogen and oxygen atoms in total. The van der Waals surface area contributed by atoms with Crippen molar-refractivity contribution in [2.24, 2.45) is 5.92 Å². The van der Waals surface area contributed by atoms with E-state index < -0.39 is 0 Å². The van der Waals surface area contributed by atoms with Crippen LogP contribution in [0.3, 0.4) is 0 Å². The Labute approximate surface area is 138 Å². The molecule has 1 atom stereocenters. The highest BCUT2D eigenvalue weighted by molar-refractivity contribution is 9.10. The predicted octanol–water partition coefficient (Wildman–Crippen LogP) is 4.81. The number of hydrogen-bond acceptors (Lipinski definition) is 2. The van der Waals surface area contributed by atoms with E-state index in [1.54, 1.807) is 7.11 Å². The Morgan fingerprint density at radius 3 is 2.71 bits per heavy atom. The van der Waals surface area contributed by atoms with Gasteiger partial charge in [-0.05, 0) is 76.2 Å². The van der Waals surface area contributed by atoms with Gasteiger partial charge in [-0.25, -0.2) is 0 Å². The van der Waals surface area contributed by atoms with Crippen LogP contribution in [0, 0.1) is 5.92 Å². The molecule has 0 spiro atoms. The number of methoxy groups -OCH3 is 1. The normalized spacial score (nSPS) is 13.4. The summed E-state index contributed by atoms with van der Waals surface area (Å²) in [5, 5.41) is 3.57. The molecule has 0 amide bonds. The SMILES string of the molecule is CCCNCC(CCC(C)(C)OC)Cc1cccc(Br)c1. The van der Waals surface area contributed by atoms with E-state index in [1.165, 1.54) is 18.4 Å². The van der Waals surface area contributed by atoms with E-state index in [-0.39, 0.29) is 5.60 Å². The van der Waals surface area contributed by atoms with Crippen LogP contribution in [-0.4, -0.2) is 25.8 Å². The second-order valence-corrected chi connectivity index (χ2v) is 7.32. The van der Waals surface area contributed by atoms with Gasteiger partial charge in [-0.2, -0.15) is 0 Å². The molecule has 21 heavy (non-hydrogen) atoms. The van der Waals surface area contributed by atoms with Crippen LogP contribution in [0.1, 0.15) is 45.6 Å². The maximum absolute atomic E-state index is 5.56. The number of nitrogens with one attached hydrogen (secondary N) is 1. The Morgan fingerprint density at radius 1 is 1.33 bits per heavy atom. The third-order valence-corrected chi connectivity index (χ3v) is 4.47. The number of rotatable bonds is 10. The second kappa shape index (κ2) is 9.60. The molecule has 1 aromatic carbocycles. The van der Waals surface area contributed by atoms with Gasteiger partial charge in [-0.15, -0.1) is 0 Å². The van der Waals surface area contributed by atoms with Gasteiger partial charge < -0.3 is 10.1 Å². The maximum atomic E-state index is 5.56. The summed E-state index contributed by atoms with van der Waals surface area (Å²) in [5.74, 6) is 0.653. The van der Waals surface area contributed by atoms with Gasteiger partial charge in [0.25, 0.3) is 0 Å². The summed E-state index contributed by atoms with van der Waals surface area (Å²) in [4.78, 5) is 0. The van der Waals surface area contributed by atoms with Crippen molar-refractivity contribution in [3.05, 3.63) is 34.3 Å². The van der Waals surface area contributed by atoms with Crippen molar-refractivity contribution in [1.29, 1.82) is 0 Å². The fourth-order valence-electron chi connectivity index (χ4n) is 2.41. The molecule has 1 N–H and O–H groups in total. The fraction of sp³-hybridized carbons (Fsp3) is 0.667. The summed E-state index contributed by atoms with van der Waals surface area (Å²) in [7, 11) is 1.80. The molecule has 1 rings (SSSR count). The maximum Gasteiger partial charge on any atom is 0.0622 e. The lowest BCUT2D eigenvalue weighted by Crippen LogP contribution is -2.29. The van der Waals surface area contributed by atoms with E-state index in [1.807, 2.05) is 0 Å². The lowest BCUT2D eigenvalue weighted by molar-refractivity contribution is 0.0104. The zero-order valence-electron chi connectivity index (χ0n) is 13.9. The number of ether oxygens (including phenoxy) is 1. The molecular formula is C18H30BrNO. The van der Waals surface area contributed by atoms with Crippen LogP contribution in [-0.2, 0) is 11.2 Å². The predicted molar refractivity (Wildman–Crippen MR) is 94.8 cm³/mol. The van der Waals surface area contributed by atoms with Crippen LogP contribution in [0.25, 0.3) is 0 Å². The van der Waals surface area contributed by atoms with Crippen LogP contribution in [0.2, 0.25) is 0 Å². The molecule has 1 unspecified atom stereocenters. The van der Waals surface area contributed by atoms with Gasteiger partial charge in [0.2, 0.25) is 0 Å². The molecular weight excluding hydrogens is 326 g/mol. The van der Waals surface area contributed by atoms with Crippen molar-refractivity contribution in [2.75, 3.05) is 20.2 Å². The summed E-state index contributed by atoms with van der Waals surface area (Å²) in [6.45, 7) is 8.73. The first kappa shape index (κ1) is 18.7. The van der Waals surface area contributed by atoms with E-state index in [9.17, 15) is 0 Å². The van der Waals surface area contributed by atoms with Crippen LogP contribution >= 0.6 is 15.9 Å². The highest BCUT2D eigenvalue weighted by Gasteiger charge is 2.19. The molecule has 0 aliphatic rings. The number of hydrogen-bond donors (Lipinski definition) is 1. The van der Waals surface area contributed by atoms with Crippen molar-refractivity contribution in [3.63, 3.8) is 0 Å². The molecule has 0 aliphatic carbocycles. The molecule has 0 fully saturated rings. The van der Waals surface area contributed by atoms with Crippen molar-refractivity contribution in [2.45, 2.75) is 52.1 Å². The standard InChI is InChI=1S/C18H30BrNO/c1-5-11-20-14-16(9-10-18(2,3)21-4)12-15-7-6-8-17(19)13-15/h6-8,13,16,20H,5,9-12,14H2,1-4H3. The van der Waals surface area contributed by atoms with Crippen LogP contribution < -0.4 is 5.32 Å². The quantitative estimate of drug-likeness (QED) is 0.608. The molecule has 0 bridgehead atoms. The first-order chi connectivity index (χ1) is 9.96. The highest BCUT2D eigenvalue weighted by Crippen LogP contribution is 2.23. The molecule has 0 saturated heterocycles. The van der Waals surface area contributed by atoms with Crippen molar-refractivity contribution in [3.8, 4) is 0 Å². The fourth-order valence-corrected chi connectivity index (χ4v) is 2.86. The second-order valence-electron chi connectivity index (χ2n) is 6.41. The van der Waals surface area contributed by atoms with Crippen LogP contribution in [0.4, 0.5) is 0 Å². The Balaban J connectivity index is 2.59. The smallest absolute Gasteiger partial charge is 0.0622 e. The van der Waals surface area contributed by atoms with Crippen molar-refractivity contribution in [1.82, 2.24) is 5.32 Å². The topological polar surface area (TPSA) is 21.3 Å². The van der Waals surface area contributed by atoms with E-state index in [0.29, 0.717) is 5.92 Å². The summed E-state index contributed by atoms with van der Waals surface area (Å²) >= 11 is 3.56. The van der Waals surface area contributed by atoms with E-state index in [4.69, 9.17) is 4.74 Å². The largest absolute Gasteiger partial charge is 0.379 e. The van der Waals surface area contributed by atoms with Crippen molar-refractivity contribution < 1.29 is 4.74 Å². The van der Waals surface area contributed by atoms with Crippen molar-refractivity contribution >= 4 is 15.9 Å². The van der Waals surface area contributed by atoms with Gasteiger partial charge in [0.05, 0.1) is 5.60 Å². The van der Waals surface area contributed by atoms with Gasteiger partial charge in [0.1, 0.15) is 0 Å². The Bertz CT molecular complexity index is 406. The molecule has 0 radical (unpaired) electrons. The lowest BCUT2D eigenvalue weighted by Gasteiger charge is -2.26. The summed E-state index contributed by atoms with van der Waals surface area (Å²) in [6, 6.07) is 8.66. The Morgan fingerprint density at radius 2 is 2.10 bits per heavy atom. The highest BCUT2D eigenvalue weighted by atomic mass is 79.9. The average Bonchev–Trinajstić information content (AvgIpc) is 2.45. The van der Waals surface area contributed by atoms with Gasteiger partial charge in [-0.1, -0.05) is 35.0 Å². The molecule has 0 aliphatic heterocycles. The summed E-state index contributed by atoms with van der Waals surface area (Å²) < 4.78 is 6.72. The summed E-state index contributed by atoms with van der Waals surface area (Å²) in [6.07, 6.45) is 4.59. The van der Waals surface area contributed by atoms with Crippen LogP contribution in [0.5, 0.6) is 0 Å².